The highest BCUT2D eigenvalue weighted by Crippen LogP contribution is 2.22. The number of rotatable bonds is 3. The van der Waals surface area contributed by atoms with Gasteiger partial charge in [-0.3, -0.25) is 4.98 Å². The molecule has 0 amide bonds. The van der Waals surface area contributed by atoms with Gasteiger partial charge in [-0.1, -0.05) is 17.7 Å². The maximum atomic E-state index is 8.52. The second-order valence-electron chi connectivity index (χ2n) is 4.10. The second-order valence-corrected chi connectivity index (χ2v) is 4.54. The van der Waals surface area contributed by atoms with E-state index < -0.39 is 0 Å². The van der Waals surface area contributed by atoms with E-state index in [4.69, 9.17) is 16.9 Å². The lowest BCUT2D eigenvalue weighted by atomic mass is 10.1. The van der Waals surface area contributed by atoms with Crippen molar-refractivity contribution in [3.05, 3.63) is 40.5 Å². The average Bonchev–Trinajstić information content (AvgIpc) is 2.28. The van der Waals surface area contributed by atoms with Crippen LogP contribution in [-0.2, 0) is 6.42 Å². The number of nitrogens with zero attached hydrogens (tertiary/aromatic N) is 2. The van der Waals surface area contributed by atoms with Crippen molar-refractivity contribution in [3.8, 4) is 6.07 Å². The Labute approximate surface area is 106 Å². The van der Waals surface area contributed by atoms with E-state index in [0.717, 1.165) is 29.4 Å². The molecule has 2 aromatic rings. The van der Waals surface area contributed by atoms with Gasteiger partial charge in [-0.05, 0) is 43.5 Å². The van der Waals surface area contributed by atoms with Gasteiger partial charge in [-0.25, -0.2) is 0 Å². The molecule has 0 fully saturated rings. The Hall–Kier alpha value is -1.59. The summed E-state index contributed by atoms with van der Waals surface area (Å²) in [7, 11) is 0. The molecule has 0 atom stereocenters. The van der Waals surface area contributed by atoms with E-state index in [2.05, 4.69) is 24.0 Å². The Morgan fingerprint density at radius 3 is 2.94 bits per heavy atom. The molecule has 17 heavy (non-hydrogen) atoms. The summed E-state index contributed by atoms with van der Waals surface area (Å²) < 4.78 is 0. The van der Waals surface area contributed by atoms with Crippen molar-refractivity contribution in [1.29, 1.82) is 5.26 Å². The Morgan fingerprint density at radius 1 is 1.35 bits per heavy atom. The molecule has 0 bridgehead atoms. The second kappa shape index (κ2) is 5.16. The van der Waals surface area contributed by atoms with Gasteiger partial charge in [0.15, 0.2) is 0 Å². The molecule has 0 N–H and O–H groups in total. The van der Waals surface area contributed by atoms with Crippen LogP contribution in [0.2, 0.25) is 5.02 Å². The van der Waals surface area contributed by atoms with Crippen molar-refractivity contribution >= 4 is 22.5 Å². The van der Waals surface area contributed by atoms with Crippen molar-refractivity contribution in [3.63, 3.8) is 0 Å². The quantitative estimate of drug-likeness (QED) is 0.764. The number of pyridine rings is 1. The van der Waals surface area contributed by atoms with Crippen molar-refractivity contribution in [2.24, 2.45) is 0 Å². The predicted octanol–water partition coefficient (Wildman–Crippen LogP) is 4.04. The minimum Gasteiger partial charge on any atom is -0.253 e. The topological polar surface area (TPSA) is 36.7 Å². The first-order chi connectivity index (χ1) is 8.20. The van der Waals surface area contributed by atoms with Crippen LogP contribution in [0.15, 0.2) is 24.3 Å². The minimum absolute atomic E-state index is 0.578. The molecule has 86 valence electrons. The number of halogens is 1. The minimum atomic E-state index is 0.578. The van der Waals surface area contributed by atoms with Gasteiger partial charge in [-0.15, -0.1) is 0 Å². The molecular formula is C14H13ClN2. The summed E-state index contributed by atoms with van der Waals surface area (Å²) in [6.45, 7) is 2.08. The molecule has 0 spiro atoms. The molecule has 0 aliphatic carbocycles. The number of unbranched alkanes of at least 4 members (excludes halogenated alkanes) is 1. The number of hydrogen-bond acceptors (Lipinski definition) is 2. The third-order valence-corrected chi connectivity index (χ3v) is 2.99. The number of benzene rings is 1. The van der Waals surface area contributed by atoms with Gasteiger partial charge in [0.05, 0.1) is 11.6 Å². The van der Waals surface area contributed by atoms with Gasteiger partial charge in [-0.2, -0.15) is 5.26 Å². The lowest BCUT2D eigenvalue weighted by molar-refractivity contribution is 0.828. The fraction of sp³-hybridized carbons (Fsp3) is 0.286. The number of fused-ring (bicyclic) bond motifs is 1. The Morgan fingerprint density at radius 2 is 2.18 bits per heavy atom. The fourth-order valence-corrected chi connectivity index (χ4v) is 2.09. The molecule has 2 rings (SSSR count). The standard InChI is InChI=1S/C14H13ClN2/c1-10-8-12(4-2-3-7-16)17-14-9-11(15)5-6-13(10)14/h5-6,8-9H,2-4H2,1H3. The Bertz CT molecular complexity index is 585. The number of aryl methyl sites for hydroxylation is 2. The largest absolute Gasteiger partial charge is 0.253 e. The van der Waals surface area contributed by atoms with Crippen LogP contribution >= 0.6 is 11.6 Å². The van der Waals surface area contributed by atoms with E-state index in [1.807, 2.05) is 18.2 Å². The van der Waals surface area contributed by atoms with Gasteiger partial charge in [0, 0.05) is 22.5 Å². The molecule has 0 unspecified atom stereocenters. The number of hydrogen-bond donors (Lipinski definition) is 0. The molecule has 0 aliphatic rings. The highest BCUT2D eigenvalue weighted by atomic mass is 35.5. The first-order valence-electron chi connectivity index (χ1n) is 5.63. The average molecular weight is 245 g/mol. The summed E-state index contributed by atoms with van der Waals surface area (Å²) in [5.74, 6) is 0. The third kappa shape index (κ3) is 2.75. The molecule has 3 heteroatoms. The van der Waals surface area contributed by atoms with Crippen LogP contribution in [0, 0.1) is 18.3 Å². The highest BCUT2D eigenvalue weighted by molar-refractivity contribution is 6.31. The van der Waals surface area contributed by atoms with Crippen molar-refractivity contribution in [1.82, 2.24) is 4.98 Å². The molecule has 0 saturated carbocycles. The molecule has 0 aliphatic heterocycles. The lowest BCUT2D eigenvalue weighted by Crippen LogP contribution is -1.93. The third-order valence-electron chi connectivity index (χ3n) is 2.75. The lowest BCUT2D eigenvalue weighted by Gasteiger charge is -2.06. The maximum absolute atomic E-state index is 8.52. The predicted molar refractivity (Wildman–Crippen MR) is 70.0 cm³/mol. The van der Waals surface area contributed by atoms with E-state index in [1.165, 1.54) is 5.56 Å². The van der Waals surface area contributed by atoms with Gasteiger partial charge in [0.2, 0.25) is 0 Å². The van der Waals surface area contributed by atoms with Gasteiger partial charge in [0.1, 0.15) is 0 Å². The van der Waals surface area contributed by atoms with E-state index in [-0.39, 0.29) is 0 Å². The van der Waals surface area contributed by atoms with Crippen LogP contribution in [0.5, 0.6) is 0 Å². The SMILES string of the molecule is Cc1cc(CCCC#N)nc2cc(Cl)ccc12. The normalized spacial score (nSPS) is 10.4. The van der Waals surface area contributed by atoms with Crippen molar-refractivity contribution in [2.45, 2.75) is 26.2 Å². The van der Waals surface area contributed by atoms with Crippen LogP contribution < -0.4 is 0 Å². The molecule has 2 nitrogen and oxygen atoms in total. The molecule has 0 saturated heterocycles. The van der Waals surface area contributed by atoms with E-state index in [1.54, 1.807) is 0 Å². The summed E-state index contributed by atoms with van der Waals surface area (Å²) >= 11 is 5.97. The maximum Gasteiger partial charge on any atom is 0.0722 e. The Balaban J connectivity index is 2.37. The summed E-state index contributed by atoms with van der Waals surface area (Å²) in [6.07, 6.45) is 2.28. The zero-order chi connectivity index (χ0) is 12.3. The Kier molecular flexibility index (Phi) is 3.61. The molecule has 1 aromatic carbocycles. The molecule has 0 radical (unpaired) electrons. The summed E-state index contributed by atoms with van der Waals surface area (Å²) in [5.41, 5.74) is 3.18. The van der Waals surface area contributed by atoms with E-state index >= 15 is 0 Å². The fourth-order valence-electron chi connectivity index (χ4n) is 1.92. The monoisotopic (exact) mass is 244 g/mol. The van der Waals surface area contributed by atoms with Gasteiger partial charge < -0.3 is 0 Å². The van der Waals surface area contributed by atoms with E-state index in [9.17, 15) is 0 Å². The number of aromatic nitrogens is 1. The van der Waals surface area contributed by atoms with Gasteiger partial charge >= 0.3 is 0 Å². The number of nitriles is 1. The van der Waals surface area contributed by atoms with Crippen LogP contribution in [0.3, 0.4) is 0 Å². The van der Waals surface area contributed by atoms with E-state index in [0.29, 0.717) is 11.4 Å². The van der Waals surface area contributed by atoms with Crippen LogP contribution in [0.25, 0.3) is 10.9 Å². The van der Waals surface area contributed by atoms with Crippen molar-refractivity contribution in [2.75, 3.05) is 0 Å². The molecular weight excluding hydrogens is 232 g/mol. The van der Waals surface area contributed by atoms with Gasteiger partial charge in [0.25, 0.3) is 0 Å². The van der Waals surface area contributed by atoms with Crippen LogP contribution in [-0.4, -0.2) is 4.98 Å². The summed E-state index contributed by atoms with van der Waals surface area (Å²) in [5, 5.41) is 10.4. The van der Waals surface area contributed by atoms with Crippen LogP contribution in [0.4, 0.5) is 0 Å². The molecule has 1 heterocycles. The molecule has 1 aromatic heterocycles. The summed E-state index contributed by atoms with van der Waals surface area (Å²) in [6, 6.07) is 10.0. The highest BCUT2D eigenvalue weighted by Gasteiger charge is 2.03. The zero-order valence-corrected chi connectivity index (χ0v) is 10.5. The van der Waals surface area contributed by atoms with Crippen molar-refractivity contribution < 1.29 is 0 Å². The first-order valence-corrected chi connectivity index (χ1v) is 6.01. The summed E-state index contributed by atoms with van der Waals surface area (Å²) in [4.78, 5) is 4.57. The van der Waals surface area contributed by atoms with Crippen LogP contribution in [0.1, 0.15) is 24.1 Å². The smallest absolute Gasteiger partial charge is 0.0722 e. The first kappa shape index (κ1) is 11.9. The zero-order valence-electron chi connectivity index (χ0n) is 9.70.